The van der Waals surface area contributed by atoms with E-state index in [0.29, 0.717) is 5.92 Å². The van der Waals surface area contributed by atoms with E-state index in [0.717, 1.165) is 36.4 Å². The monoisotopic (exact) mass is 291 g/mol. The molecular weight excluding hydrogens is 274 g/mol. The van der Waals surface area contributed by atoms with E-state index in [1.165, 1.54) is 5.56 Å². The Balaban J connectivity index is 1.62. The smallest absolute Gasteiger partial charge is 0.209 e. The van der Waals surface area contributed by atoms with Gasteiger partial charge in [-0.05, 0) is 23.5 Å². The fraction of sp³-hybridized carbons (Fsp3) is 0.462. The van der Waals surface area contributed by atoms with Crippen molar-refractivity contribution in [2.45, 2.75) is 17.6 Å². The molecule has 20 heavy (non-hydrogen) atoms. The molecule has 0 saturated carbocycles. The minimum Gasteiger partial charge on any atom is -0.493 e. The van der Waals surface area contributed by atoms with E-state index in [1.807, 2.05) is 23.9 Å². The van der Waals surface area contributed by atoms with Crippen molar-refractivity contribution in [1.82, 2.24) is 25.5 Å². The summed E-state index contributed by atoms with van der Waals surface area (Å²) in [7, 11) is 1.92. The second kappa shape index (κ2) is 6.23. The third-order valence-electron chi connectivity index (χ3n) is 3.29. The molecule has 6 nitrogen and oxygen atoms in total. The van der Waals surface area contributed by atoms with E-state index in [4.69, 9.17) is 4.74 Å². The Hall–Kier alpha value is -1.60. The van der Waals surface area contributed by atoms with Crippen LogP contribution >= 0.6 is 11.8 Å². The Morgan fingerprint density at radius 3 is 3.25 bits per heavy atom. The molecule has 1 unspecified atom stereocenters. The second-order valence-corrected chi connectivity index (χ2v) is 5.63. The van der Waals surface area contributed by atoms with Gasteiger partial charge in [-0.2, -0.15) is 0 Å². The molecule has 0 fully saturated rings. The number of likely N-dealkylation sites (N-methyl/N-ethyl adjacent to an activating group) is 1. The number of benzene rings is 1. The number of aromatic nitrogens is 4. The van der Waals surface area contributed by atoms with Crippen LogP contribution < -0.4 is 10.1 Å². The molecule has 106 valence electrons. The molecule has 0 radical (unpaired) electrons. The van der Waals surface area contributed by atoms with Gasteiger partial charge in [-0.15, -0.1) is 5.10 Å². The molecule has 0 saturated heterocycles. The highest BCUT2D eigenvalue weighted by atomic mass is 32.2. The molecule has 1 aromatic carbocycles. The van der Waals surface area contributed by atoms with Gasteiger partial charge in [-0.1, -0.05) is 30.0 Å². The Labute approximate surface area is 121 Å². The maximum Gasteiger partial charge on any atom is 0.209 e. The summed E-state index contributed by atoms with van der Waals surface area (Å²) in [5, 5.41) is 15.8. The zero-order valence-electron chi connectivity index (χ0n) is 11.3. The number of nitrogens with one attached hydrogen (secondary N) is 1. The summed E-state index contributed by atoms with van der Waals surface area (Å²) >= 11 is 1.68. The van der Waals surface area contributed by atoms with Crippen molar-refractivity contribution in [3.63, 3.8) is 0 Å². The van der Waals surface area contributed by atoms with Gasteiger partial charge in [0.1, 0.15) is 5.75 Å². The van der Waals surface area contributed by atoms with E-state index in [2.05, 4.69) is 33.0 Å². The van der Waals surface area contributed by atoms with Crippen molar-refractivity contribution in [2.75, 3.05) is 26.0 Å². The second-order valence-electron chi connectivity index (χ2n) is 4.64. The molecule has 2 heterocycles. The summed E-state index contributed by atoms with van der Waals surface area (Å²) in [4.78, 5) is 0. The molecular formula is C13H17N5OS. The molecule has 0 spiro atoms. The summed E-state index contributed by atoms with van der Waals surface area (Å²) in [6.07, 6.45) is 0. The largest absolute Gasteiger partial charge is 0.493 e. The van der Waals surface area contributed by atoms with E-state index >= 15 is 0 Å². The van der Waals surface area contributed by atoms with Crippen LogP contribution in [0.3, 0.4) is 0 Å². The average Bonchev–Trinajstić information content (AvgIpc) is 3.09. The molecule has 0 amide bonds. The van der Waals surface area contributed by atoms with E-state index in [9.17, 15) is 0 Å². The fourth-order valence-electron chi connectivity index (χ4n) is 2.20. The lowest BCUT2D eigenvalue weighted by atomic mass is 10.0. The standard InChI is InChI=1S/C13H17N5OS/c1-14-6-7-18-13(15-16-17-18)20-9-10-8-19-12-5-3-2-4-11(10)12/h2-5,10,14H,6-9H2,1H3. The molecule has 1 aliphatic heterocycles. The molecule has 0 aliphatic carbocycles. The first-order chi connectivity index (χ1) is 9.88. The van der Waals surface area contributed by atoms with Gasteiger partial charge >= 0.3 is 0 Å². The number of hydrogen-bond donors (Lipinski definition) is 1. The van der Waals surface area contributed by atoms with Crippen molar-refractivity contribution >= 4 is 11.8 Å². The summed E-state index contributed by atoms with van der Waals surface area (Å²) in [6, 6.07) is 8.23. The van der Waals surface area contributed by atoms with Crippen LogP contribution in [-0.2, 0) is 6.54 Å². The molecule has 1 aromatic heterocycles. The molecule has 3 rings (SSSR count). The van der Waals surface area contributed by atoms with Crippen LogP contribution in [0.1, 0.15) is 11.5 Å². The van der Waals surface area contributed by atoms with Crippen molar-refractivity contribution in [2.24, 2.45) is 0 Å². The quantitative estimate of drug-likeness (QED) is 0.806. The predicted molar refractivity (Wildman–Crippen MR) is 77.1 cm³/mol. The Morgan fingerprint density at radius 2 is 2.35 bits per heavy atom. The Kier molecular flexibility index (Phi) is 4.17. The topological polar surface area (TPSA) is 64.9 Å². The number of fused-ring (bicyclic) bond motifs is 1. The van der Waals surface area contributed by atoms with Crippen LogP contribution in [0.15, 0.2) is 29.4 Å². The normalized spacial score (nSPS) is 16.9. The van der Waals surface area contributed by atoms with Gasteiger partial charge in [-0.3, -0.25) is 0 Å². The maximum atomic E-state index is 5.69. The average molecular weight is 291 g/mol. The zero-order chi connectivity index (χ0) is 13.8. The maximum absolute atomic E-state index is 5.69. The molecule has 7 heteroatoms. The van der Waals surface area contributed by atoms with Crippen molar-refractivity contribution in [3.05, 3.63) is 29.8 Å². The van der Waals surface area contributed by atoms with E-state index < -0.39 is 0 Å². The van der Waals surface area contributed by atoms with Gasteiger partial charge in [0, 0.05) is 23.8 Å². The molecule has 1 atom stereocenters. The third-order valence-corrected chi connectivity index (χ3v) is 4.40. The minimum absolute atomic E-state index is 0.408. The lowest BCUT2D eigenvalue weighted by molar-refractivity contribution is 0.338. The summed E-state index contributed by atoms with van der Waals surface area (Å²) in [5.74, 6) is 2.34. The SMILES string of the molecule is CNCCn1nnnc1SCC1COc2ccccc21. The van der Waals surface area contributed by atoms with Gasteiger partial charge in [-0.25, -0.2) is 4.68 Å². The van der Waals surface area contributed by atoms with Crippen LogP contribution in [0, 0.1) is 0 Å². The Morgan fingerprint density at radius 1 is 1.45 bits per heavy atom. The Bertz CT molecular complexity index is 573. The first kappa shape index (κ1) is 13.4. The van der Waals surface area contributed by atoms with Gasteiger partial charge in [0.2, 0.25) is 5.16 Å². The number of para-hydroxylation sites is 1. The minimum atomic E-state index is 0.408. The fourth-order valence-corrected chi connectivity index (χ4v) is 3.20. The summed E-state index contributed by atoms with van der Waals surface area (Å²) < 4.78 is 7.53. The molecule has 2 aromatic rings. The van der Waals surface area contributed by atoms with Gasteiger partial charge < -0.3 is 10.1 Å². The highest BCUT2D eigenvalue weighted by molar-refractivity contribution is 7.99. The first-order valence-corrected chi connectivity index (χ1v) is 7.62. The number of nitrogens with zero attached hydrogens (tertiary/aromatic N) is 4. The van der Waals surface area contributed by atoms with Crippen molar-refractivity contribution in [3.8, 4) is 5.75 Å². The lowest BCUT2D eigenvalue weighted by Gasteiger charge is -2.08. The number of tetrazole rings is 1. The summed E-state index contributed by atoms with van der Waals surface area (Å²) in [6.45, 7) is 2.38. The van der Waals surface area contributed by atoms with Crippen LogP contribution in [0.5, 0.6) is 5.75 Å². The number of hydrogen-bond acceptors (Lipinski definition) is 6. The predicted octanol–water partition coefficient (Wildman–Crippen LogP) is 1.16. The van der Waals surface area contributed by atoms with E-state index in [1.54, 1.807) is 11.8 Å². The highest BCUT2D eigenvalue weighted by Crippen LogP contribution is 2.36. The van der Waals surface area contributed by atoms with Gasteiger partial charge in [0.25, 0.3) is 0 Å². The molecule has 1 N–H and O–H groups in total. The van der Waals surface area contributed by atoms with Crippen molar-refractivity contribution in [1.29, 1.82) is 0 Å². The lowest BCUT2D eigenvalue weighted by Crippen LogP contribution is -2.16. The number of ether oxygens (including phenoxy) is 1. The van der Waals surface area contributed by atoms with Crippen LogP contribution in [-0.4, -0.2) is 46.2 Å². The zero-order valence-corrected chi connectivity index (χ0v) is 12.1. The van der Waals surface area contributed by atoms with Gasteiger partial charge in [0.05, 0.1) is 13.2 Å². The third kappa shape index (κ3) is 2.78. The van der Waals surface area contributed by atoms with E-state index in [-0.39, 0.29) is 0 Å². The van der Waals surface area contributed by atoms with Gasteiger partial charge in [0.15, 0.2) is 0 Å². The van der Waals surface area contributed by atoms with Crippen LogP contribution in [0.2, 0.25) is 0 Å². The molecule has 1 aliphatic rings. The molecule has 0 bridgehead atoms. The first-order valence-electron chi connectivity index (χ1n) is 6.64. The number of rotatable bonds is 6. The van der Waals surface area contributed by atoms with Crippen molar-refractivity contribution < 1.29 is 4.74 Å². The highest BCUT2D eigenvalue weighted by Gasteiger charge is 2.24. The van der Waals surface area contributed by atoms with Crippen LogP contribution in [0.25, 0.3) is 0 Å². The van der Waals surface area contributed by atoms with Crippen LogP contribution in [0.4, 0.5) is 0 Å². The number of thioether (sulfide) groups is 1. The summed E-state index contributed by atoms with van der Waals surface area (Å²) in [5.41, 5.74) is 1.29.